The Balaban J connectivity index is 2.44. The Labute approximate surface area is 91.2 Å². The molecule has 4 heteroatoms. The van der Waals surface area contributed by atoms with Crippen LogP contribution in [0.2, 0.25) is 0 Å². The maximum atomic E-state index is 12.0. The quantitative estimate of drug-likeness (QED) is 0.754. The first-order chi connectivity index (χ1) is 6.96. The molecule has 1 fully saturated rings. The molecule has 1 rings (SSSR count). The highest BCUT2D eigenvalue weighted by atomic mass is 16.5. The van der Waals surface area contributed by atoms with Gasteiger partial charge in [0.05, 0.1) is 6.10 Å². The van der Waals surface area contributed by atoms with Crippen LogP contribution in [0.5, 0.6) is 0 Å². The van der Waals surface area contributed by atoms with Crippen molar-refractivity contribution >= 4 is 5.91 Å². The maximum absolute atomic E-state index is 12.0. The summed E-state index contributed by atoms with van der Waals surface area (Å²) in [5.41, 5.74) is -0.632. The standard InChI is InChI=1S/C11H21NO3/c1-9(13)5-7-12(3)10(14)11(2)6-4-8-15-11/h9,13H,4-8H2,1-3H3. The summed E-state index contributed by atoms with van der Waals surface area (Å²) in [7, 11) is 1.76. The molecule has 1 aliphatic heterocycles. The minimum absolute atomic E-state index is 0.0284. The number of aliphatic hydroxyl groups is 1. The number of carbonyl (C=O) groups is 1. The maximum Gasteiger partial charge on any atom is 0.254 e. The van der Waals surface area contributed by atoms with Gasteiger partial charge in [0.15, 0.2) is 0 Å². The van der Waals surface area contributed by atoms with Crippen molar-refractivity contribution in [1.82, 2.24) is 4.90 Å². The van der Waals surface area contributed by atoms with E-state index in [1.165, 1.54) is 0 Å². The number of rotatable bonds is 4. The van der Waals surface area contributed by atoms with Crippen LogP contribution in [0.3, 0.4) is 0 Å². The smallest absolute Gasteiger partial charge is 0.254 e. The van der Waals surface area contributed by atoms with Gasteiger partial charge in [-0.25, -0.2) is 0 Å². The van der Waals surface area contributed by atoms with E-state index in [1.54, 1.807) is 18.9 Å². The Kier molecular flexibility index (Phi) is 4.11. The Morgan fingerprint density at radius 1 is 1.67 bits per heavy atom. The lowest BCUT2D eigenvalue weighted by atomic mass is 10.0. The number of likely N-dealkylation sites (N-methyl/N-ethyl adjacent to an activating group) is 1. The lowest BCUT2D eigenvalue weighted by molar-refractivity contribution is -0.149. The summed E-state index contributed by atoms with van der Waals surface area (Å²) in [6.45, 7) is 4.83. The summed E-state index contributed by atoms with van der Waals surface area (Å²) in [5.74, 6) is 0.0284. The van der Waals surface area contributed by atoms with Crippen LogP contribution in [0.15, 0.2) is 0 Å². The third-order valence-corrected chi connectivity index (χ3v) is 2.90. The van der Waals surface area contributed by atoms with Crippen molar-refractivity contribution in [2.45, 2.75) is 44.8 Å². The Bertz CT molecular complexity index is 222. The van der Waals surface area contributed by atoms with Crippen LogP contribution >= 0.6 is 0 Å². The molecule has 2 atom stereocenters. The number of hydrogen-bond acceptors (Lipinski definition) is 3. The third kappa shape index (κ3) is 3.18. The Hall–Kier alpha value is -0.610. The van der Waals surface area contributed by atoms with Gasteiger partial charge < -0.3 is 14.7 Å². The zero-order valence-electron chi connectivity index (χ0n) is 9.82. The number of ether oxygens (including phenoxy) is 1. The molecule has 1 N–H and O–H groups in total. The minimum Gasteiger partial charge on any atom is -0.393 e. The van der Waals surface area contributed by atoms with Gasteiger partial charge in [0, 0.05) is 20.2 Å². The molecule has 0 aromatic rings. The van der Waals surface area contributed by atoms with Gasteiger partial charge in [-0.1, -0.05) is 0 Å². The molecule has 0 radical (unpaired) electrons. The van der Waals surface area contributed by atoms with E-state index in [9.17, 15) is 4.79 Å². The fraction of sp³-hybridized carbons (Fsp3) is 0.909. The topological polar surface area (TPSA) is 49.8 Å². The Morgan fingerprint density at radius 2 is 2.33 bits per heavy atom. The van der Waals surface area contributed by atoms with Crippen molar-refractivity contribution < 1.29 is 14.6 Å². The zero-order valence-corrected chi connectivity index (χ0v) is 9.82. The van der Waals surface area contributed by atoms with Crippen molar-refractivity contribution in [3.63, 3.8) is 0 Å². The van der Waals surface area contributed by atoms with Crippen LogP contribution in [0.1, 0.15) is 33.1 Å². The number of aliphatic hydroxyl groups excluding tert-OH is 1. The van der Waals surface area contributed by atoms with Crippen LogP contribution < -0.4 is 0 Å². The lowest BCUT2D eigenvalue weighted by Crippen LogP contribution is -2.45. The molecule has 0 aromatic heterocycles. The van der Waals surface area contributed by atoms with Crippen LogP contribution in [-0.2, 0) is 9.53 Å². The molecule has 1 heterocycles. The van der Waals surface area contributed by atoms with Gasteiger partial charge in [-0.2, -0.15) is 0 Å². The fourth-order valence-corrected chi connectivity index (χ4v) is 1.83. The zero-order chi connectivity index (χ0) is 11.5. The van der Waals surface area contributed by atoms with Crippen LogP contribution in [0, 0.1) is 0 Å². The van der Waals surface area contributed by atoms with Crippen molar-refractivity contribution in [3.05, 3.63) is 0 Å². The van der Waals surface area contributed by atoms with E-state index >= 15 is 0 Å². The highest BCUT2D eigenvalue weighted by Gasteiger charge is 2.39. The van der Waals surface area contributed by atoms with Gasteiger partial charge in [0.2, 0.25) is 0 Å². The van der Waals surface area contributed by atoms with E-state index in [0.29, 0.717) is 19.6 Å². The molecule has 0 spiro atoms. The predicted octanol–water partition coefficient (Wildman–Crippen LogP) is 0.785. The Morgan fingerprint density at radius 3 is 2.80 bits per heavy atom. The van der Waals surface area contributed by atoms with E-state index in [1.807, 2.05) is 6.92 Å². The van der Waals surface area contributed by atoms with Crippen molar-refractivity contribution in [1.29, 1.82) is 0 Å². The molecule has 0 saturated carbocycles. The molecule has 0 bridgehead atoms. The van der Waals surface area contributed by atoms with E-state index < -0.39 is 5.60 Å². The normalized spacial score (nSPS) is 27.7. The second-order valence-electron chi connectivity index (χ2n) is 4.55. The minimum atomic E-state index is -0.632. The largest absolute Gasteiger partial charge is 0.393 e. The van der Waals surface area contributed by atoms with Gasteiger partial charge in [0.25, 0.3) is 5.91 Å². The molecule has 0 aliphatic carbocycles. The summed E-state index contributed by atoms with van der Waals surface area (Å²) < 4.78 is 5.48. The van der Waals surface area contributed by atoms with Crippen molar-refractivity contribution in [3.8, 4) is 0 Å². The van der Waals surface area contributed by atoms with E-state index in [2.05, 4.69) is 0 Å². The predicted molar refractivity (Wildman–Crippen MR) is 57.5 cm³/mol. The summed E-state index contributed by atoms with van der Waals surface area (Å²) >= 11 is 0. The average molecular weight is 215 g/mol. The SMILES string of the molecule is CC(O)CCN(C)C(=O)C1(C)CCCO1. The highest BCUT2D eigenvalue weighted by molar-refractivity contribution is 5.84. The van der Waals surface area contributed by atoms with Gasteiger partial charge in [-0.05, 0) is 33.1 Å². The van der Waals surface area contributed by atoms with E-state index in [-0.39, 0.29) is 12.0 Å². The fourth-order valence-electron chi connectivity index (χ4n) is 1.83. The monoisotopic (exact) mass is 215 g/mol. The van der Waals surface area contributed by atoms with Gasteiger partial charge >= 0.3 is 0 Å². The first kappa shape index (κ1) is 12.5. The average Bonchev–Trinajstić information content (AvgIpc) is 2.61. The molecular weight excluding hydrogens is 194 g/mol. The number of amides is 1. The van der Waals surface area contributed by atoms with Crippen molar-refractivity contribution in [2.24, 2.45) is 0 Å². The van der Waals surface area contributed by atoms with Crippen LogP contribution in [-0.4, -0.2) is 47.8 Å². The molecule has 2 unspecified atom stereocenters. The van der Waals surface area contributed by atoms with Crippen molar-refractivity contribution in [2.75, 3.05) is 20.2 Å². The second-order valence-corrected chi connectivity index (χ2v) is 4.55. The molecule has 1 aliphatic rings. The molecule has 15 heavy (non-hydrogen) atoms. The van der Waals surface area contributed by atoms with E-state index in [0.717, 1.165) is 12.8 Å². The number of nitrogens with zero attached hydrogens (tertiary/aromatic N) is 1. The summed E-state index contributed by atoms with van der Waals surface area (Å²) in [6, 6.07) is 0. The van der Waals surface area contributed by atoms with Gasteiger partial charge in [-0.15, -0.1) is 0 Å². The molecular formula is C11H21NO3. The molecule has 1 saturated heterocycles. The summed E-state index contributed by atoms with van der Waals surface area (Å²) in [5, 5.41) is 9.14. The molecule has 0 aromatic carbocycles. The first-order valence-electron chi connectivity index (χ1n) is 5.53. The van der Waals surface area contributed by atoms with Crippen LogP contribution in [0.25, 0.3) is 0 Å². The molecule has 1 amide bonds. The summed E-state index contributed by atoms with van der Waals surface area (Å²) in [4.78, 5) is 13.6. The third-order valence-electron chi connectivity index (χ3n) is 2.90. The number of hydrogen-bond donors (Lipinski definition) is 1. The first-order valence-corrected chi connectivity index (χ1v) is 5.53. The highest BCUT2D eigenvalue weighted by Crippen LogP contribution is 2.26. The van der Waals surface area contributed by atoms with Crippen LogP contribution in [0.4, 0.5) is 0 Å². The molecule has 88 valence electrons. The second kappa shape index (κ2) is 4.94. The van der Waals surface area contributed by atoms with E-state index in [4.69, 9.17) is 9.84 Å². The van der Waals surface area contributed by atoms with Gasteiger partial charge in [0.1, 0.15) is 5.60 Å². The molecule has 4 nitrogen and oxygen atoms in total. The van der Waals surface area contributed by atoms with Gasteiger partial charge in [-0.3, -0.25) is 4.79 Å². The lowest BCUT2D eigenvalue weighted by Gasteiger charge is -2.28. The number of carbonyl (C=O) groups excluding carboxylic acids is 1. The summed E-state index contributed by atoms with van der Waals surface area (Å²) in [6.07, 6.45) is 1.99.